The van der Waals surface area contributed by atoms with E-state index >= 15 is 0 Å². The SMILES string of the molecule is CCN(C)c1ccc(-c2nn(C(C)C)cc2C=O)cc1. The van der Waals surface area contributed by atoms with Gasteiger partial charge in [0.05, 0.1) is 5.56 Å². The van der Waals surface area contributed by atoms with Crippen LogP contribution in [0.1, 0.15) is 37.2 Å². The molecule has 20 heavy (non-hydrogen) atoms. The van der Waals surface area contributed by atoms with Crippen LogP contribution in [-0.2, 0) is 0 Å². The van der Waals surface area contributed by atoms with Gasteiger partial charge in [0.1, 0.15) is 5.69 Å². The number of carbonyl (C=O) groups is 1. The molecule has 1 heterocycles. The highest BCUT2D eigenvalue weighted by Crippen LogP contribution is 2.24. The highest BCUT2D eigenvalue weighted by molar-refractivity contribution is 5.85. The number of hydrogen-bond donors (Lipinski definition) is 0. The summed E-state index contributed by atoms with van der Waals surface area (Å²) in [6.45, 7) is 7.17. The van der Waals surface area contributed by atoms with Crippen molar-refractivity contribution in [1.29, 1.82) is 0 Å². The van der Waals surface area contributed by atoms with E-state index < -0.39 is 0 Å². The zero-order chi connectivity index (χ0) is 14.7. The minimum Gasteiger partial charge on any atom is -0.375 e. The van der Waals surface area contributed by atoms with Crippen molar-refractivity contribution in [3.63, 3.8) is 0 Å². The van der Waals surface area contributed by atoms with Gasteiger partial charge in [0.25, 0.3) is 0 Å². The molecule has 106 valence electrons. The van der Waals surface area contributed by atoms with Crippen molar-refractivity contribution < 1.29 is 4.79 Å². The van der Waals surface area contributed by atoms with Gasteiger partial charge in [-0.3, -0.25) is 9.48 Å². The molecule has 0 bridgehead atoms. The predicted octanol–water partition coefficient (Wildman–Crippen LogP) is 3.40. The molecular formula is C16H21N3O. The van der Waals surface area contributed by atoms with E-state index in [1.165, 1.54) is 0 Å². The first-order valence-electron chi connectivity index (χ1n) is 6.92. The van der Waals surface area contributed by atoms with Crippen LogP contribution in [0.15, 0.2) is 30.5 Å². The quantitative estimate of drug-likeness (QED) is 0.782. The molecule has 0 N–H and O–H groups in total. The number of benzene rings is 1. The number of carbonyl (C=O) groups excluding carboxylic acids is 1. The first kappa shape index (κ1) is 14.3. The van der Waals surface area contributed by atoms with E-state index in [0.717, 1.165) is 29.8 Å². The second-order valence-corrected chi connectivity index (χ2v) is 5.19. The van der Waals surface area contributed by atoms with E-state index in [0.29, 0.717) is 5.56 Å². The maximum atomic E-state index is 11.2. The van der Waals surface area contributed by atoms with Crippen molar-refractivity contribution in [3.05, 3.63) is 36.0 Å². The molecule has 0 saturated carbocycles. The topological polar surface area (TPSA) is 38.1 Å². The van der Waals surface area contributed by atoms with Crippen molar-refractivity contribution in [2.75, 3.05) is 18.5 Å². The van der Waals surface area contributed by atoms with E-state index in [2.05, 4.69) is 36.1 Å². The van der Waals surface area contributed by atoms with Gasteiger partial charge in [-0.05, 0) is 32.9 Å². The molecule has 0 aliphatic carbocycles. The van der Waals surface area contributed by atoms with Crippen LogP contribution in [0.25, 0.3) is 11.3 Å². The molecule has 0 fully saturated rings. The smallest absolute Gasteiger partial charge is 0.153 e. The number of rotatable bonds is 5. The van der Waals surface area contributed by atoms with E-state index in [9.17, 15) is 4.79 Å². The summed E-state index contributed by atoms with van der Waals surface area (Å²) in [6, 6.07) is 8.39. The average Bonchev–Trinajstić information content (AvgIpc) is 2.91. The zero-order valence-corrected chi connectivity index (χ0v) is 12.5. The Bertz CT molecular complexity index is 584. The minimum atomic E-state index is 0.243. The molecule has 4 heteroatoms. The summed E-state index contributed by atoms with van der Waals surface area (Å²) in [5.74, 6) is 0. The van der Waals surface area contributed by atoms with E-state index in [-0.39, 0.29) is 6.04 Å². The molecule has 1 aromatic heterocycles. The lowest BCUT2D eigenvalue weighted by atomic mass is 10.1. The third-order valence-corrected chi connectivity index (χ3v) is 3.47. The van der Waals surface area contributed by atoms with Crippen LogP contribution in [-0.4, -0.2) is 29.7 Å². The normalized spacial score (nSPS) is 10.8. The van der Waals surface area contributed by atoms with Gasteiger partial charge >= 0.3 is 0 Å². The molecular weight excluding hydrogens is 250 g/mol. The molecule has 0 aliphatic rings. The fourth-order valence-corrected chi connectivity index (χ4v) is 2.04. The molecule has 2 aromatic rings. The summed E-state index contributed by atoms with van der Waals surface area (Å²) in [4.78, 5) is 13.4. The zero-order valence-electron chi connectivity index (χ0n) is 12.5. The lowest BCUT2D eigenvalue weighted by Crippen LogP contribution is -2.15. The average molecular weight is 271 g/mol. The highest BCUT2D eigenvalue weighted by Gasteiger charge is 2.12. The molecule has 0 atom stereocenters. The van der Waals surface area contributed by atoms with Gasteiger partial charge in [0.15, 0.2) is 6.29 Å². The van der Waals surface area contributed by atoms with E-state index in [1.54, 1.807) is 6.20 Å². The first-order valence-corrected chi connectivity index (χ1v) is 6.92. The van der Waals surface area contributed by atoms with Crippen LogP contribution in [0.3, 0.4) is 0 Å². The Morgan fingerprint density at radius 2 is 1.95 bits per heavy atom. The van der Waals surface area contributed by atoms with Crippen molar-refractivity contribution >= 4 is 12.0 Å². The van der Waals surface area contributed by atoms with Gasteiger partial charge in [-0.1, -0.05) is 12.1 Å². The third kappa shape index (κ3) is 2.74. The van der Waals surface area contributed by atoms with Crippen molar-refractivity contribution in [2.24, 2.45) is 0 Å². The van der Waals surface area contributed by atoms with Crippen LogP contribution in [0.4, 0.5) is 5.69 Å². The molecule has 0 saturated heterocycles. The number of hydrogen-bond acceptors (Lipinski definition) is 3. The standard InChI is InChI=1S/C16H21N3O/c1-5-18(4)15-8-6-13(7-9-15)16-14(11-20)10-19(17-16)12(2)3/h6-12H,5H2,1-4H3. The maximum Gasteiger partial charge on any atom is 0.153 e. The third-order valence-electron chi connectivity index (χ3n) is 3.47. The Morgan fingerprint density at radius 3 is 2.45 bits per heavy atom. The monoisotopic (exact) mass is 271 g/mol. The second-order valence-electron chi connectivity index (χ2n) is 5.19. The molecule has 0 radical (unpaired) electrons. The minimum absolute atomic E-state index is 0.243. The van der Waals surface area contributed by atoms with Crippen molar-refractivity contribution in [3.8, 4) is 11.3 Å². The maximum absolute atomic E-state index is 11.2. The van der Waals surface area contributed by atoms with Crippen molar-refractivity contribution in [1.82, 2.24) is 9.78 Å². The molecule has 0 aliphatic heterocycles. The predicted molar refractivity (Wildman–Crippen MR) is 82.4 cm³/mol. The van der Waals surface area contributed by atoms with Crippen LogP contribution in [0.2, 0.25) is 0 Å². The molecule has 2 rings (SSSR count). The molecule has 0 unspecified atom stereocenters. The van der Waals surface area contributed by atoms with E-state index in [4.69, 9.17) is 0 Å². The molecule has 0 amide bonds. The Hall–Kier alpha value is -2.10. The first-order chi connectivity index (χ1) is 9.56. The van der Waals surface area contributed by atoms with Gasteiger partial charge in [0, 0.05) is 37.1 Å². The van der Waals surface area contributed by atoms with Crippen LogP contribution >= 0.6 is 0 Å². The number of nitrogens with zero attached hydrogens (tertiary/aromatic N) is 3. The fourth-order valence-electron chi connectivity index (χ4n) is 2.04. The highest BCUT2D eigenvalue weighted by atomic mass is 16.1. The van der Waals surface area contributed by atoms with Gasteiger partial charge < -0.3 is 4.90 Å². The van der Waals surface area contributed by atoms with Crippen LogP contribution < -0.4 is 4.90 Å². The van der Waals surface area contributed by atoms with Gasteiger partial charge in [-0.25, -0.2) is 0 Å². The summed E-state index contributed by atoms with van der Waals surface area (Å²) in [6.07, 6.45) is 2.67. The number of anilines is 1. The molecule has 1 aromatic carbocycles. The molecule has 4 nitrogen and oxygen atoms in total. The van der Waals surface area contributed by atoms with Crippen molar-refractivity contribution in [2.45, 2.75) is 26.8 Å². The fraction of sp³-hybridized carbons (Fsp3) is 0.375. The van der Waals surface area contributed by atoms with Gasteiger partial charge in [-0.2, -0.15) is 5.10 Å². The number of aldehydes is 1. The van der Waals surface area contributed by atoms with Gasteiger partial charge in [0.2, 0.25) is 0 Å². The Morgan fingerprint density at radius 1 is 1.30 bits per heavy atom. The summed E-state index contributed by atoms with van der Waals surface area (Å²) in [5.41, 5.74) is 3.52. The summed E-state index contributed by atoms with van der Waals surface area (Å²) in [5, 5.41) is 4.52. The lowest BCUT2D eigenvalue weighted by molar-refractivity contribution is 0.112. The largest absolute Gasteiger partial charge is 0.375 e. The summed E-state index contributed by atoms with van der Waals surface area (Å²) < 4.78 is 1.82. The van der Waals surface area contributed by atoms with Gasteiger partial charge in [-0.15, -0.1) is 0 Å². The van der Waals surface area contributed by atoms with Crippen LogP contribution in [0, 0.1) is 0 Å². The lowest BCUT2D eigenvalue weighted by Gasteiger charge is -2.16. The second kappa shape index (κ2) is 5.90. The summed E-state index contributed by atoms with van der Waals surface area (Å²) in [7, 11) is 2.05. The number of aromatic nitrogens is 2. The summed E-state index contributed by atoms with van der Waals surface area (Å²) >= 11 is 0. The van der Waals surface area contributed by atoms with Crippen LogP contribution in [0.5, 0.6) is 0 Å². The Labute approximate surface area is 120 Å². The Balaban J connectivity index is 2.38. The molecule has 0 spiro atoms. The Kier molecular flexibility index (Phi) is 4.23. The van der Waals surface area contributed by atoms with E-state index in [1.807, 2.05) is 30.7 Å².